The van der Waals surface area contributed by atoms with Gasteiger partial charge in [0.2, 0.25) is 11.8 Å². The Morgan fingerprint density at radius 1 is 0.870 bits per heavy atom. The molecule has 2 atom stereocenters. The summed E-state index contributed by atoms with van der Waals surface area (Å²) in [6.45, 7) is 2.80. The van der Waals surface area contributed by atoms with Gasteiger partial charge in [-0.2, -0.15) is 0 Å². The van der Waals surface area contributed by atoms with E-state index in [4.69, 9.17) is 5.73 Å². The van der Waals surface area contributed by atoms with E-state index in [2.05, 4.69) is 0 Å². The Balaban J connectivity index is 1.42. The van der Waals surface area contributed by atoms with Gasteiger partial charge in [-0.25, -0.2) is 0 Å². The highest BCUT2D eigenvalue weighted by molar-refractivity contribution is 5.80. The molecule has 5 nitrogen and oxygen atoms in total. The molecular weight excluding hydrogens is 290 g/mol. The van der Waals surface area contributed by atoms with Crippen molar-refractivity contribution < 1.29 is 9.59 Å². The van der Waals surface area contributed by atoms with Gasteiger partial charge in [0.25, 0.3) is 0 Å². The van der Waals surface area contributed by atoms with Crippen LogP contribution in [0.5, 0.6) is 0 Å². The lowest BCUT2D eigenvalue weighted by atomic mass is 9.86. The van der Waals surface area contributed by atoms with Crippen LogP contribution in [0.25, 0.3) is 0 Å². The largest absolute Gasteiger partial charge is 0.339 e. The van der Waals surface area contributed by atoms with Crippen LogP contribution in [0.3, 0.4) is 0 Å². The first-order chi connectivity index (χ1) is 11.1. The lowest BCUT2D eigenvalue weighted by Crippen LogP contribution is -2.52. The summed E-state index contributed by atoms with van der Waals surface area (Å²) in [6.07, 6.45) is 9.77. The van der Waals surface area contributed by atoms with Gasteiger partial charge in [-0.15, -0.1) is 0 Å². The molecule has 2 N–H and O–H groups in total. The molecule has 2 saturated carbocycles. The number of rotatable bonds is 3. The zero-order valence-electron chi connectivity index (χ0n) is 14.2. The highest BCUT2D eigenvalue weighted by atomic mass is 16.2. The topological polar surface area (TPSA) is 66.6 Å². The molecule has 5 heteroatoms. The minimum absolute atomic E-state index is 0.120. The Labute approximate surface area is 139 Å². The van der Waals surface area contributed by atoms with E-state index in [1.807, 2.05) is 9.80 Å². The third-order valence-corrected chi connectivity index (χ3v) is 5.95. The molecule has 0 unspecified atom stereocenters. The molecular formula is C18H31N3O2. The van der Waals surface area contributed by atoms with Crippen molar-refractivity contribution in [2.45, 2.75) is 63.8 Å². The van der Waals surface area contributed by atoms with Crippen LogP contribution in [0.4, 0.5) is 0 Å². The predicted molar refractivity (Wildman–Crippen MR) is 89.7 cm³/mol. The minimum atomic E-state index is 0.120. The highest BCUT2D eigenvalue weighted by Crippen LogP contribution is 2.28. The van der Waals surface area contributed by atoms with Gasteiger partial charge < -0.3 is 15.5 Å². The number of nitrogens with zero attached hydrogens (tertiary/aromatic N) is 2. The number of carbonyl (C=O) groups is 2. The minimum Gasteiger partial charge on any atom is -0.339 e. The molecule has 3 aliphatic rings. The van der Waals surface area contributed by atoms with Crippen molar-refractivity contribution in [3.8, 4) is 0 Å². The third kappa shape index (κ3) is 4.25. The summed E-state index contributed by atoms with van der Waals surface area (Å²) >= 11 is 0. The van der Waals surface area contributed by atoms with E-state index in [9.17, 15) is 9.59 Å². The first kappa shape index (κ1) is 16.7. The number of nitrogens with two attached hydrogens (primary N) is 1. The van der Waals surface area contributed by atoms with Gasteiger partial charge in [0, 0.05) is 44.6 Å². The molecule has 3 rings (SSSR count). The molecule has 3 fully saturated rings. The second kappa shape index (κ2) is 7.65. The number of hydrogen-bond donors (Lipinski definition) is 1. The van der Waals surface area contributed by atoms with E-state index in [0.29, 0.717) is 44.4 Å². The quantitative estimate of drug-likeness (QED) is 0.861. The maximum absolute atomic E-state index is 12.5. The zero-order valence-corrected chi connectivity index (χ0v) is 14.2. The lowest BCUT2D eigenvalue weighted by molar-refractivity contribution is -0.142. The Morgan fingerprint density at radius 3 is 2.13 bits per heavy atom. The summed E-state index contributed by atoms with van der Waals surface area (Å²) in [5.41, 5.74) is 5.92. The predicted octanol–water partition coefficient (Wildman–Crippen LogP) is 1.75. The van der Waals surface area contributed by atoms with Crippen molar-refractivity contribution in [2.24, 2.45) is 17.6 Å². The first-order valence-corrected chi connectivity index (χ1v) is 9.45. The summed E-state index contributed by atoms with van der Waals surface area (Å²) in [5.74, 6) is 1.27. The third-order valence-electron chi connectivity index (χ3n) is 5.95. The Kier molecular flexibility index (Phi) is 5.57. The average molecular weight is 321 g/mol. The maximum Gasteiger partial charge on any atom is 0.225 e. The van der Waals surface area contributed by atoms with Gasteiger partial charge in [0.05, 0.1) is 0 Å². The molecule has 2 amide bonds. The fraction of sp³-hybridized carbons (Fsp3) is 0.889. The second-order valence-electron chi connectivity index (χ2n) is 7.68. The Bertz CT molecular complexity index is 426. The van der Waals surface area contributed by atoms with Crippen LogP contribution in [0.15, 0.2) is 0 Å². The zero-order chi connectivity index (χ0) is 16.2. The number of piperazine rings is 1. The standard InChI is InChI=1S/C18H31N3O2/c19-16-7-6-15(13-16)18(23)21-10-8-20(9-11-21)17(22)12-14-4-2-1-3-5-14/h14-16H,1-13,19H2/t15-,16-/m0/s1. The van der Waals surface area contributed by atoms with E-state index in [1.54, 1.807) is 0 Å². The Morgan fingerprint density at radius 2 is 1.52 bits per heavy atom. The lowest BCUT2D eigenvalue weighted by Gasteiger charge is -2.36. The summed E-state index contributed by atoms with van der Waals surface area (Å²) in [5, 5.41) is 0. The summed E-state index contributed by atoms with van der Waals surface area (Å²) in [6, 6.07) is 0.197. The molecule has 130 valence electrons. The molecule has 0 aromatic carbocycles. The Hall–Kier alpha value is -1.10. The van der Waals surface area contributed by atoms with Crippen molar-refractivity contribution in [1.82, 2.24) is 9.80 Å². The van der Waals surface area contributed by atoms with E-state index < -0.39 is 0 Å². The average Bonchev–Trinajstić information content (AvgIpc) is 3.02. The molecule has 1 saturated heterocycles. The van der Waals surface area contributed by atoms with E-state index in [-0.39, 0.29) is 17.9 Å². The van der Waals surface area contributed by atoms with Crippen LogP contribution < -0.4 is 5.73 Å². The fourth-order valence-corrected chi connectivity index (χ4v) is 4.44. The molecule has 0 spiro atoms. The van der Waals surface area contributed by atoms with Gasteiger partial charge in [0.15, 0.2) is 0 Å². The monoisotopic (exact) mass is 321 g/mol. The first-order valence-electron chi connectivity index (χ1n) is 9.45. The number of hydrogen-bond acceptors (Lipinski definition) is 3. The van der Waals surface area contributed by atoms with Crippen LogP contribution in [0, 0.1) is 11.8 Å². The highest BCUT2D eigenvalue weighted by Gasteiger charge is 2.33. The fourth-order valence-electron chi connectivity index (χ4n) is 4.44. The smallest absolute Gasteiger partial charge is 0.225 e. The van der Waals surface area contributed by atoms with Crippen LogP contribution >= 0.6 is 0 Å². The van der Waals surface area contributed by atoms with Crippen LogP contribution in [-0.4, -0.2) is 53.8 Å². The van der Waals surface area contributed by atoms with Crippen molar-refractivity contribution in [2.75, 3.05) is 26.2 Å². The molecule has 0 aromatic heterocycles. The normalized spacial score (nSPS) is 29.8. The SMILES string of the molecule is N[C@H]1CC[C@H](C(=O)N2CCN(C(=O)CC3CCCCC3)CC2)C1. The van der Waals surface area contributed by atoms with E-state index in [0.717, 1.165) is 19.3 Å². The molecule has 1 aliphatic heterocycles. The van der Waals surface area contributed by atoms with E-state index in [1.165, 1.54) is 32.1 Å². The molecule has 0 aromatic rings. The van der Waals surface area contributed by atoms with Gasteiger partial charge >= 0.3 is 0 Å². The van der Waals surface area contributed by atoms with Crippen molar-refractivity contribution >= 4 is 11.8 Å². The van der Waals surface area contributed by atoms with Gasteiger partial charge in [-0.1, -0.05) is 19.3 Å². The van der Waals surface area contributed by atoms with Crippen LogP contribution in [0.2, 0.25) is 0 Å². The van der Waals surface area contributed by atoms with Crippen molar-refractivity contribution in [3.05, 3.63) is 0 Å². The molecule has 2 aliphatic carbocycles. The molecule has 0 bridgehead atoms. The molecule has 0 radical (unpaired) electrons. The number of carbonyl (C=O) groups excluding carboxylic acids is 2. The summed E-state index contributed by atoms with van der Waals surface area (Å²) in [7, 11) is 0. The maximum atomic E-state index is 12.5. The second-order valence-corrected chi connectivity index (χ2v) is 7.68. The van der Waals surface area contributed by atoms with Crippen molar-refractivity contribution in [1.29, 1.82) is 0 Å². The number of amides is 2. The van der Waals surface area contributed by atoms with Gasteiger partial charge in [-0.3, -0.25) is 9.59 Å². The molecule has 23 heavy (non-hydrogen) atoms. The van der Waals surface area contributed by atoms with Crippen LogP contribution in [-0.2, 0) is 9.59 Å². The van der Waals surface area contributed by atoms with Crippen molar-refractivity contribution in [3.63, 3.8) is 0 Å². The van der Waals surface area contributed by atoms with Gasteiger partial charge in [0.1, 0.15) is 0 Å². The molecule has 1 heterocycles. The van der Waals surface area contributed by atoms with Crippen LogP contribution in [0.1, 0.15) is 57.8 Å². The summed E-state index contributed by atoms with van der Waals surface area (Å²) < 4.78 is 0. The summed E-state index contributed by atoms with van der Waals surface area (Å²) in [4.78, 5) is 28.9. The van der Waals surface area contributed by atoms with Gasteiger partial charge in [-0.05, 0) is 38.0 Å². The van der Waals surface area contributed by atoms with E-state index >= 15 is 0 Å².